The summed E-state index contributed by atoms with van der Waals surface area (Å²) < 4.78 is 18.2. The van der Waals surface area contributed by atoms with Crippen LogP contribution in [0.3, 0.4) is 0 Å². The van der Waals surface area contributed by atoms with E-state index in [1.807, 2.05) is 20.8 Å². The first kappa shape index (κ1) is 20.0. The largest absolute Gasteiger partial charge is 0.477 e. The molecular formula is C19H19FN2O5. The fourth-order valence-electron chi connectivity index (χ4n) is 2.25. The number of carbonyl (C=O) groups excluding carboxylic acids is 2. The monoisotopic (exact) mass is 374 g/mol. The molecule has 0 radical (unpaired) electrons. The molecule has 0 fully saturated rings. The first-order valence-corrected chi connectivity index (χ1v) is 8.09. The molecule has 2 rings (SSSR count). The second-order valence-electron chi connectivity index (χ2n) is 6.86. The summed E-state index contributed by atoms with van der Waals surface area (Å²) in [7, 11) is 0. The van der Waals surface area contributed by atoms with E-state index in [0.29, 0.717) is 0 Å². The van der Waals surface area contributed by atoms with E-state index in [4.69, 9.17) is 4.74 Å². The Hall–Kier alpha value is -3.29. The first-order valence-electron chi connectivity index (χ1n) is 8.09. The molecule has 0 aliphatic rings. The van der Waals surface area contributed by atoms with Crippen LogP contribution in [0.15, 0.2) is 42.5 Å². The third kappa shape index (κ3) is 5.34. The Balaban J connectivity index is 1.99. The Morgan fingerprint density at radius 3 is 2.33 bits per heavy atom. The second kappa shape index (κ2) is 7.94. The SMILES string of the molecule is CC(C)(C)c1ccc(C(=O)NC(=O)COc2cc(F)ccc2[N+](=O)[O-])cc1. The number of amides is 2. The quantitative estimate of drug-likeness (QED) is 0.639. The van der Waals surface area contributed by atoms with E-state index in [1.165, 1.54) is 0 Å². The number of nitrogens with zero attached hydrogens (tertiary/aromatic N) is 1. The van der Waals surface area contributed by atoms with E-state index in [0.717, 1.165) is 23.8 Å². The zero-order chi connectivity index (χ0) is 20.2. The molecule has 27 heavy (non-hydrogen) atoms. The molecule has 0 atom stereocenters. The van der Waals surface area contributed by atoms with Crippen LogP contribution in [-0.2, 0) is 10.2 Å². The van der Waals surface area contributed by atoms with Gasteiger partial charge in [-0.3, -0.25) is 25.0 Å². The van der Waals surface area contributed by atoms with Gasteiger partial charge in [0, 0.05) is 17.7 Å². The highest BCUT2D eigenvalue weighted by Crippen LogP contribution is 2.27. The number of rotatable bonds is 5. The van der Waals surface area contributed by atoms with Gasteiger partial charge >= 0.3 is 5.69 Å². The summed E-state index contributed by atoms with van der Waals surface area (Å²) in [6, 6.07) is 9.44. The molecule has 0 aliphatic carbocycles. The Bertz CT molecular complexity index is 873. The van der Waals surface area contributed by atoms with Crippen LogP contribution in [0.2, 0.25) is 0 Å². The van der Waals surface area contributed by atoms with Gasteiger partial charge in [0.1, 0.15) is 5.82 Å². The lowest BCUT2D eigenvalue weighted by molar-refractivity contribution is -0.385. The summed E-state index contributed by atoms with van der Waals surface area (Å²) in [5.41, 5.74) is 0.770. The standard InChI is InChI=1S/C19H19FN2O5/c1-19(2,3)13-6-4-12(5-7-13)18(24)21-17(23)11-27-16-10-14(20)8-9-15(16)22(25)26/h4-10H,11H2,1-3H3,(H,21,23,24). The second-order valence-corrected chi connectivity index (χ2v) is 6.86. The number of ether oxygens (including phenoxy) is 1. The van der Waals surface area contributed by atoms with Gasteiger partial charge in [0.25, 0.3) is 11.8 Å². The molecule has 0 saturated carbocycles. The van der Waals surface area contributed by atoms with Crippen molar-refractivity contribution >= 4 is 17.5 Å². The number of nitro groups is 1. The number of halogens is 1. The maximum absolute atomic E-state index is 13.2. The van der Waals surface area contributed by atoms with Gasteiger partial charge in [-0.25, -0.2) is 4.39 Å². The Kier molecular flexibility index (Phi) is 5.89. The predicted molar refractivity (Wildman–Crippen MR) is 96.2 cm³/mol. The summed E-state index contributed by atoms with van der Waals surface area (Å²) in [4.78, 5) is 34.1. The number of hydrogen-bond acceptors (Lipinski definition) is 5. The number of nitrogens with one attached hydrogen (secondary N) is 1. The van der Waals surface area contributed by atoms with Gasteiger partial charge in [0.15, 0.2) is 6.61 Å². The molecule has 0 unspecified atom stereocenters. The molecule has 0 spiro atoms. The van der Waals surface area contributed by atoms with Crippen LogP contribution in [0.1, 0.15) is 36.7 Å². The van der Waals surface area contributed by atoms with Gasteiger partial charge in [-0.05, 0) is 29.2 Å². The third-order valence-corrected chi connectivity index (χ3v) is 3.74. The number of hydrogen-bond donors (Lipinski definition) is 1. The Morgan fingerprint density at radius 2 is 1.78 bits per heavy atom. The van der Waals surface area contributed by atoms with E-state index in [-0.39, 0.29) is 11.0 Å². The highest BCUT2D eigenvalue weighted by molar-refractivity contribution is 6.05. The van der Waals surface area contributed by atoms with Crippen molar-refractivity contribution in [1.82, 2.24) is 5.32 Å². The van der Waals surface area contributed by atoms with Crippen LogP contribution in [-0.4, -0.2) is 23.3 Å². The van der Waals surface area contributed by atoms with Gasteiger partial charge < -0.3 is 4.74 Å². The van der Waals surface area contributed by atoms with Crippen molar-refractivity contribution in [3.05, 3.63) is 69.5 Å². The van der Waals surface area contributed by atoms with E-state index in [9.17, 15) is 24.1 Å². The Labute approximate surface area is 155 Å². The number of carbonyl (C=O) groups is 2. The van der Waals surface area contributed by atoms with Gasteiger partial charge in [0.2, 0.25) is 5.75 Å². The van der Waals surface area contributed by atoms with E-state index >= 15 is 0 Å². The van der Waals surface area contributed by atoms with Crippen molar-refractivity contribution in [1.29, 1.82) is 0 Å². The number of nitro benzene ring substituents is 1. The highest BCUT2D eigenvalue weighted by Gasteiger charge is 2.19. The summed E-state index contributed by atoms with van der Waals surface area (Å²) in [6.07, 6.45) is 0. The van der Waals surface area contributed by atoms with Gasteiger partial charge in [-0.15, -0.1) is 0 Å². The van der Waals surface area contributed by atoms with Gasteiger partial charge in [0.05, 0.1) is 4.92 Å². The lowest BCUT2D eigenvalue weighted by atomic mass is 9.87. The van der Waals surface area contributed by atoms with Crippen molar-refractivity contribution in [2.75, 3.05) is 6.61 Å². The number of imide groups is 1. The molecule has 1 N–H and O–H groups in total. The molecular weight excluding hydrogens is 355 g/mol. The zero-order valence-electron chi connectivity index (χ0n) is 15.1. The van der Waals surface area contributed by atoms with Crippen molar-refractivity contribution < 1.29 is 23.6 Å². The molecule has 0 saturated heterocycles. The van der Waals surface area contributed by atoms with Crippen LogP contribution in [0.25, 0.3) is 0 Å². The summed E-state index contributed by atoms with van der Waals surface area (Å²) in [6.45, 7) is 5.44. The fraction of sp³-hybridized carbons (Fsp3) is 0.263. The van der Waals surface area contributed by atoms with Crippen LogP contribution < -0.4 is 10.1 Å². The Morgan fingerprint density at radius 1 is 1.15 bits per heavy atom. The third-order valence-electron chi connectivity index (χ3n) is 3.74. The van der Waals surface area contributed by atoms with E-state index in [1.54, 1.807) is 24.3 Å². The van der Waals surface area contributed by atoms with Crippen molar-refractivity contribution in [3.8, 4) is 5.75 Å². The fourth-order valence-corrected chi connectivity index (χ4v) is 2.25. The van der Waals surface area contributed by atoms with E-state index < -0.39 is 40.6 Å². The zero-order valence-corrected chi connectivity index (χ0v) is 15.1. The summed E-state index contributed by atoms with van der Waals surface area (Å²) in [5.74, 6) is -2.57. The van der Waals surface area contributed by atoms with E-state index in [2.05, 4.69) is 5.32 Å². The molecule has 0 bridgehead atoms. The van der Waals surface area contributed by atoms with Crippen LogP contribution in [0.5, 0.6) is 5.75 Å². The average molecular weight is 374 g/mol. The van der Waals surface area contributed by atoms with Gasteiger partial charge in [-0.1, -0.05) is 32.9 Å². The molecule has 8 heteroatoms. The van der Waals surface area contributed by atoms with Crippen LogP contribution in [0.4, 0.5) is 10.1 Å². The lowest BCUT2D eigenvalue weighted by Crippen LogP contribution is -2.34. The molecule has 2 amide bonds. The topological polar surface area (TPSA) is 98.5 Å². The first-order chi connectivity index (χ1) is 12.6. The molecule has 0 aliphatic heterocycles. The van der Waals surface area contributed by atoms with Gasteiger partial charge in [-0.2, -0.15) is 0 Å². The minimum absolute atomic E-state index is 0.0711. The lowest BCUT2D eigenvalue weighted by Gasteiger charge is -2.19. The highest BCUT2D eigenvalue weighted by atomic mass is 19.1. The summed E-state index contributed by atoms with van der Waals surface area (Å²) >= 11 is 0. The molecule has 2 aromatic rings. The normalized spacial score (nSPS) is 11.0. The average Bonchev–Trinajstić information content (AvgIpc) is 2.59. The molecule has 142 valence electrons. The molecule has 2 aromatic carbocycles. The molecule has 0 heterocycles. The predicted octanol–water partition coefficient (Wildman–Crippen LogP) is 3.37. The minimum Gasteiger partial charge on any atom is -0.477 e. The smallest absolute Gasteiger partial charge is 0.311 e. The number of benzene rings is 2. The molecule has 0 aromatic heterocycles. The van der Waals surface area contributed by atoms with Crippen LogP contribution in [0, 0.1) is 15.9 Å². The summed E-state index contributed by atoms with van der Waals surface area (Å²) in [5, 5.41) is 13.0. The van der Waals surface area contributed by atoms with Crippen molar-refractivity contribution in [3.63, 3.8) is 0 Å². The molecule has 7 nitrogen and oxygen atoms in total. The maximum Gasteiger partial charge on any atom is 0.311 e. The van der Waals surface area contributed by atoms with Crippen molar-refractivity contribution in [2.24, 2.45) is 0 Å². The minimum atomic E-state index is -0.807. The van der Waals surface area contributed by atoms with Crippen LogP contribution >= 0.6 is 0 Å². The van der Waals surface area contributed by atoms with Crippen molar-refractivity contribution in [2.45, 2.75) is 26.2 Å². The maximum atomic E-state index is 13.2.